The minimum atomic E-state index is 0.493. The molecule has 1 fully saturated rings. The molecule has 4 nitrogen and oxygen atoms in total. The van der Waals surface area contributed by atoms with Crippen molar-refractivity contribution in [1.29, 1.82) is 0 Å². The maximum atomic E-state index is 7.50. The van der Waals surface area contributed by atoms with Gasteiger partial charge in [-0.25, -0.2) is 4.85 Å². The fourth-order valence-electron chi connectivity index (χ4n) is 4.06. The molecule has 132 valence electrons. The molecule has 0 unspecified atom stereocenters. The summed E-state index contributed by atoms with van der Waals surface area (Å²) in [5.74, 6) is 0. The molecule has 0 bridgehead atoms. The van der Waals surface area contributed by atoms with Crippen molar-refractivity contribution in [3.05, 3.63) is 59.1 Å². The Morgan fingerprint density at radius 3 is 2.65 bits per heavy atom. The number of hydrogen-bond donors (Lipinski definition) is 2. The number of hydrogen-bond acceptors (Lipinski definition) is 2. The maximum Gasteiger partial charge on any atom is 0.190 e. The molecule has 2 aromatic carbocycles. The third-order valence-electron chi connectivity index (χ3n) is 5.64. The first kappa shape index (κ1) is 16.7. The lowest BCUT2D eigenvalue weighted by Gasteiger charge is -2.25. The fraction of sp³-hybridized carbons (Fsp3) is 0.318. The van der Waals surface area contributed by atoms with Crippen LogP contribution in [0.25, 0.3) is 26.9 Å². The molecular formula is C22H24N4. The predicted molar refractivity (Wildman–Crippen MR) is 109 cm³/mol. The van der Waals surface area contributed by atoms with E-state index < -0.39 is 0 Å². The van der Waals surface area contributed by atoms with E-state index in [2.05, 4.69) is 40.0 Å². The van der Waals surface area contributed by atoms with Gasteiger partial charge in [0.15, 0.2) is 5.69 Å². The van der Waals surface area contributed by atoms with Crippen molar-refractivity contribution in [2.75, 3.05) is 18.8 Å². The van der Waals surface area contributed by atoms with Crippen LogP contribution < -0.4 is 11.1 Å². The van der Waals surface area contributed by atoms with Gasteiger partial charge in [-0.05, 0) is 80.1 Å². The number of nitrogen functional groups attached to an aromatic ring is 1. The highest BCUT2D eigenvalue weighted by molar-refractivity contribution is 6.00. The quantitative estimate of drug-likeness (QED) is 0.508. The van der Waals surface area contributed by atoms with E-state index in [4.69, 9.17) is 12.3 Å². The summed E-state index contributed by atoms with van der Waals surface area (Å²) >= 11 is 0. The molecule has 4 heteroatoms. The molecule has 1 saturated heterocycles. The molecule has 0 radical (unpaired) electrons. The summed E-state index contributed by atoms with van der Waals surface area (Å²) in [7, 11) is 0. The van der Waals surface area contributed by atoms with E-state index in [1.54, 1.807) is 0 Å². The maximum absolute atomic E-state index is 7.50. The number of nitrogens with zero attached hydrogens (tertiary/aromatic N) is 2. The molecule has 0 aliphatic carbocycles. The summed E-state index contributed by atoms with van der Waals surface area (Å²) in [6.45, 7) is 13.7. The van der Waals surface area contributed by atoms with Gasteiger partial charge in [-0.2, -0.15) is 0 Å². The van der Waals surface area contributed by atoms with Gasteiger partial charge in [-0.1, -0.05) is 12.1 Å². The minimum absolute atomic E-state index is 0.493. The first-order chi connectivity index (χ1) is 12.6. The highest BCUT2D eigenvalue weighted by atomic mass is 15.0. The van der Waals surface area contributed by atoms with Gasteiger partial charge in [0.2, 0.25) is 0 Å². The van der Waals surface area contributed by atoms with Gasteiger partial charge in [0.25, 0.3) is 0 Å². The van der Waals surface area contributed by atoms with E-state index in [0.717, 1.165) is 59.4 Å². The summed E-state index contributed by atoms with van der Waals surface area (Å²) < 4.78 is 2.43. The van der Waals surface area contributed by atoms with Gasteiger partial charge in [-0.3, -0.25) is 0 Å². The molecule has 3 N–H and O–H groups in total. The SMILES string of the molecule is [C-]#[N+]c1cc2c(-c3cccc(N)c3C)cn(C3CCNCC3)c2cc1C. The van der Waals surface area contributed by atoms with E-state index in [-0.39, 0.29) is 0 Å². The number of piperidine rings is 1. The zero-order valence-electron chi connectivity index (χ0n) is 15.3. The summed E-state index contributed by atoms with van der Waals surface area (Å²) in [5.41, 5.74) is 13.4. The Morgan fingerprint density at radius 2 is 1.92 bits per heavy atom. The Balaban J connectivity index is 2.00. The van der Waals surface area contributed by atoms with E-state index in [1.807, 2.05) is 25.1 Å². The van der Waals surface area contributed by atoms with Crippen molar-refractivity contribution in [1.82, 2.24) is 9.88 Å². The highest BCUT2D eigenvalue weighted by Crippen LogP contribution is 2.39. The van der Waals surface area contributed by atoms with Crippen molar-refractivity contribution in [2.45, 2.75) is 32.7 Å². The van der Waals surface area contributed by atoms with Crippen LogP contribution in [0, 0.1) is 20.4 Å². The summed E-state index contributed by atoms with van der Waals surface area (Å²) in [4.78, 5) is 3.72. The van der Waals surface area contributed by atoms with Gasteiger partial charge in [0.1, 0.15) is 0 Å². The van der Waals surface area contributed by atoms with Crippen molar-refractivity contribution in [2.24, 2.45) is 0 Å². The molecule has 2 heterocycles. The van der Waals surface area contributed by atoms with Crippen molar-refractivity contribution in [3.63, 3.8) is 0 Å². The third-order valence-corrected chi connectivity index (χ3v) is 5.64. The summed E-state index contributed by atoms with van der Waals surface area (Å²) in [6, 6.07) is 10.8. The first-order valence-electron chi connectivity index (χ1n) is 9.19. The van der Waals surface area contributed by atoms with Crippen LogP contribution in [0.15, 0.2) is 36.5 Å². The number of nitrogens with two attached hydrogens (primary N) is 1. The standard InChI is InChI=1S/C22H24N4/c1-14-11-22-18(12-21(14)24-3)19(17-5-4-6-20(23)15(17)2)13-26(22)16-7-9-25-10-8-16/h4-6,11-13,16,25H,7-10,23H2,1-2H3. The molecule has 0 saturated carbocycles. The van der Waals surface area contributed by atoms with Crippen molar-refractivity contribution < 1.29 is 0 Å². The van der Waals surface area contributed by atoms with Crippen LogP contribution in [0.2, 0.25) is 0 Å². The largest absolute Gasteiger partial charge is 0.398 e. The zero-order valence-corrected chi connectivity index (χ0v) is 15.3. The van der Waals surface area contributed by atoms with E-state index in [0.29, 0.717) is 6.04 Å². The summed E-state index contributed by atoms with van der Waals surface area (Å²) in [6.07, 6.45) is 4.53. The van der Waals surface area contributed by atoms with E-state index >= 15 is 0 Å². The Bertz CT molecular complexity index is 1020. The van der Waals surface area contributed by atoms with Gasteiger partial charge in [-0.15, -0.1) is 0 Å². The number of fused-ring (bicyclic) bond motifs is 1. The molecule has 0 amide bonds. The average molecular weight is 344 g/mol. The van der Waals surface area contributed by atoms with Crippen LogP contribution in [0.5, 0.6) is 0 Å². The molecular weight excluding hydrogens is 320 g/mol. The molecule has 3 aromatic rings. The van der Waals surface area contributed by atoms with Gasteiger partial charge >= 0.3 is 0 Å². The second kappa shape index (κ2) is 6.51. The number of anilines is 1. The van der Waals surface area contributed by atoms with Crippen LogP contribution in [-0.4, -0.2) is 17.7 Å². The molecule has 0 atom stereocenters. The van der Waals surface area contributed by atoms with Gasteiger partial charge < -0.3 is 15.6 Å². The van der Waals surface area contributed by atoms with E-state index in [9.17, 15) is 0 Å². The van der Waals surface area contributed by atoms with Crippen LogP contribution in [0.3, 0.4) is 0 Å². The van der Waals surface area contributed by atoms with Gasteiger partial charge in [0.05, 0.1) is 6.57 Å². The topological polar surface area (TPSA) is 47.3 Å². The molecule has 1 aliphatic heterocycles. The lowest BCUT2D eigenvalue weighted by molar-refractivity contribution is 0.376. The second-order valence-corrected chi connectivity index (χ2v) is 7.22. The fourth-order valence-corrected chi connectivity index (χ4v) is 4.06. The monoisotopic (exact) mass is 344 g/mol. The lowest BCUT2D eigenvalue weighted by Crippen LogP contribution is -2.29. The highest BCUT2D eigenvalue weighted by Gasteiger charge is 2.21. The summed E-state index contributed by atoms with van der Waals surface area (Å²) in [5, 5.41) is 4.59. The van der Waals surface area contributed by atoms with Crippen LogP contribution >= 0.6 is 0 Å². The predicted octanol–water partition coefficient (Wildman–Crippen LogP) is 4.98. The normalized spacial score (nSPS) is 15.3. The molecule has 1 aromatic heterocycles. The molecule has 1 aliphatic rings. The number of benzene rings is 2. The Kier molecular flexibility index (Phi) is 4.18. The average Bonchev–Trinajstić information content (AvgIpc) is 3.02. The minimum Gasteiger partial charge on any atom is -0.398 e. The lowest BCUT2D eigenvalue weighted by atomic mass is 9.98. The van der Waals surface area contributed by atoms with E-state index in [1.165, 1.54) is 11.1 Å². The molecule has 4 rings (SSSR count). The molecule has 26 heavy (non-hydrogen) atoms. The Hall–Kier alpha value is -2.77. The second-order valence-electron chi connectivity index (χ2n) is 7.22. The van der Waals surface area contributed by atoms with Crippen LogP contribution in [0.4, 0.5) is 11.4 Å². The van der Waals surface area contributed by atoms with Crippen LogP contribution in [0.1, 0.15) is 30.0 Å². The number of rotatable bonds is 2. The van der Waals surface area contributed by atoms with Crippen LogP contribution in [-0.2, 0) is 0 Å². The van der Waals surface area contributed by atoms with Crippen molar-refractivity contribution >= 4 is 22.3 Å². The third kappa shape index (κ3) is 2.65. The Labute approximate surface area is 154 Å². The smallest absolute Gasteiger partial charge is 0.190 e. The molecule has 0 spiro atoms. The first-order valence-corrected chi connectivity index (χ1v) is 9.19. The number of aryl methyl sites for hydroxylation is 1. The van der Waals surface area contributed by atoms with Gasteiger partial charge in [0, 0.05) is 29.0 Å². The number of aromatic nitrogens is 1. The zero-order chi connectivity index (χ0) is 18.3. The number of nitrogens with one attached hydrogen (secondary N) is 1. The van der Waals surface area contributed by atoms with Crippen molar-refractivity contribution in [3.8, 4) is 11.1 Å². The Morgan fingerprint density at radius 1 is 1.15 bits per heavy atom.